The van der Waals surface area contributed by atoms with E-state index in [-0.39, 0.29) is 23.8 Å². The summed E-state index contributed by atoms with van der Waals surface area (Å²) in [5.41, 5.74) is 1.98. The third-order valence-corrected chi connectivity index (χ3v) is 5.37. The second-order valence-electron chi connectivity index (χ2n) is 7.33. The zero-order chi connectivity index (χ0) is 18.8. The van der Waals surface area contributed by atoms with Gasteiger partial charge in [0.05, 0.1) is 23.6 Å². The summed E-state index contributed by atoms with van der Waals surface area (Å²) >= 11 is 0. The summed E-state index contributed by atoms with van der Waals surface area (Å²) in [7, 11) is 1.63. The number of aromatic nitrogens is 2. The number of methoxy groups -OCH3 is 1. The van der Waals surface area contributed by atoms with Crippen LogP contribution in [0.4, 0.5) is 4.79 Å². The monoisotopic (exact) mass is 371 g/mol. The molecular weight excluding hydrogens is 346 g/mol. The van der Waals surface area contributed by atoms with Crippen LogP contribution in [0.3, 0.4) is 0 Å². The molecule has 8 nitrogen and oxygen atoms in total. The van der Waals surface area contributed by atoms with Gasteiger partial charge in [0.2, 0.25) is 5.91 Å². The number of fused-ring (bicyclic) bond motifs is 1. The number of nitrogens with one attached hydrogen (secondary N) is 2. The van der Waals surface area contributed by atoms with Crippen LogP contribution in [0, 0.1) is 5.92 Å². The van der Waals surface area contributed by atoms with Crippen LogP contribution in [-0.4, -0.2) is 78.1 Å². The van der Waals surface area contributed by atoms with E-state index in [1.807, 2.05) is 29.2 Å². The van der Waals surface area contributed by atoms with Gasteiger partial charge in [0, 0.05) is 52.2 Å². The molecule has 2 N–H and O–H groups in total. The van der Waals surface area contributed by atoms with Crippen LogP contribution in [-0.2, 0) is 9.53 Å². The quantitative estimate of drug-likeness (QED) is 0.797. The van der Waals surface area contributed by atoms with Gasteiger partial charge in [0.15, 0.2) is 0 Å². The lowest BCUT2D eigenvalue weighted by Gasteiger charge is -2.38. The molecule has 0 spiro atoms. The zero-order valence-electron chi connectivity index (χ0n) is 15.5. The number of rotatable bonds is 6. The van der Waals surface area contributed by atoms with Gasteiger partial charge in [0.25, 0.3) is 0 Å². The molecule has 2 aliphatic rings. The fourth-order valence-corrected chi connectivity index (χ4v) is 3.73. The predicted octanol–water partition coefficient (Wildman–Crippen LogP) is 1.17. The molecule has 2 aliphatic heterocycles. The largest absolute Gasteiger partial charge is 0.383 e. The predicted molar refractivity (Wildman–Crippen MR) is 100 cm³/mol. The van der Waals surface area contributed by atoms with Crippen molar-refractivity contribution in [3.8, 4) is 0 Å². The highest BCUT2D eigenvalue weighted by atomic mass is 16.5. The average molecular weight is 371 g/mol. The average Bonchev–Trinajstić information content (AvgIpc) is 3.20. The van der Waals surface area contributed by atoms with Crippen LogP contribution in [0.1, 0.15) is 18.2 Å². The highest BCUT2D eigenvalue weighted by molar-refractivity contribution is 5.79. The van der Waals surface area contributed by atoms with Gasteiger partial charge in [-0.3, -0.25) is 4.79 Å². The van der Waals surface area contributed by atoms with Crippen LogP contribution in [0.5, 0.6) is 0 Å². The van der Waals surface area contributed by atoms with Crippen LogP contribution in [0.15, 0.2) is 24.3 Å². The second kappa shape index (κ2) is 7.56. The van der Waals surface area contributed by atoms with E-state index in [0.717, 1.165) is 16.9 Å². The molecular formula is C19H25N5O3. The number of amides is 3. The molecule has 1 atom stereocenters. The van der Waals surface area contributed by atoms with Crippen molar-refractivity contribution in [1.29, 1.82) is 0 Å². The number of hydrogen-bond donors (Lipinski definition) is 2. The minimum Gasteiger partial charge on any atom is -0.383 e. The lowest BCUT2D eigenvalue weighted by atomic mass is 10.00. The topological polar surface area (TPSA) is 90.6 Å². The van der Waals surface area contributed by atoms with Gasteiger partial charge in [-0.2, -0.15) is 0 Å². The van der Waals surface area contributed by atoms with Crippen molar-refractivity contribution in [2.75, 3.05) is 46.4 Å². The van der Waals surface area contributed by atoms with E-state index >= 15 is 0 Å². The van der Waals surface area contributed by atoms with E-state index in [0.29, 0.717) is 45.8 Å². The SMILES string of the molecule is COCCN1C[C@@H](CNC(=O)N2CC(c3nc4ccccc4[nH]3)C2)CC1=O. The number of hydrogen-bond acceptors (Lipinski definition) is 4. The molecule has 4 rings (SSSR count). The summed E-state index contributed by atoms with van der Waals surface area (Å²) in [6, 6.07) is 7.88. The number of ether oxygens (including phenoxy) is 1. The summed E-state index contributed by atoms with van der Waals surface area (Å²) in [6.45, 7) is 3.70. The Morgan fingerprint density at radius 1 is 1.33 bits per heavy atom. The minimum absolute atomic E-state index is 0.0647. The van der Waals surface area contributed by atoms with E-state index in [9.17, 15) is 9.59 Å². The third-order valence-electron chi connectivity index (χ3n) is 5.37. The van der Waals surface area contributed by atoms with Crippen molar-refractivity contribution in [2.24, 2.45) is 5.92 Å². The van der Waals surface area contributed by atoms with Gasteiger partial charge < -0.3 is 24.8 Å². The molecule has 1 aromatic carbocycles. The Bertz CT molecular complexity index is 797. The van der Waals surface area contributed by atoms with Crippen LogP contribution in [0.25, 0.3) is 11.0 Å². The summed E-state index contributed by atoms with van der Waals surface area (Å²) in [5, 5.41) is 2.97. The van der Waals surface area contributed by atoms with Gasteiger partial charge in [-0.05, 0) is 12.1 Å². The number of para-hydroxylation sites is 2. The number of urea groups is 1. The maximum absolute atomic E-state index is 12.3. The van der Waals surface area contributed by atoms with E-state index < -0.39 is 0 Å². The number of H-pyrrole nitrogens is 1. The Morgan fingerprint density at radius 3 is 2.93 bits per heavy atom. The molecule has 0 aliphatic carbocycles. The maximum atomic E-state index is 12.3. The number of nitrogens with zero attached hydrogens (tertiary/aromatic N) is 3. The Morgan fingerprint density at radius 2 is 2.15 bits per heavy atom. The molecule has 3 amide bonds. The summed E-state index contributed by atoms with van der Waals surface area (Å²) in [6.07, 6.45) is 0.492. The number of likely N-dealkylation sites (tertiary alicyclic amines) is 2. The van der Waals surface area contributed by atoms with Crippen LogP contribution >= 0.6 is 0 Å². The lowest BCUT2D eigenvalue weighted by Crippen LogP contribution is -2.53. The fraction of sp³-hybridized carbons (Fsp3) is 0.526. The smallest absolute Gasteiger partial charge is 0.317 e. The molecule has 1 aromatic heterocycles. The molecule has 27 heavy (non-hydrogen) atoms. The maximum Gasteiger partial charge on any atom is 0.317 e. The first-order valence-corrected chi connectivity index (χ1v) is 9.38. The number of benzene rings is 1. The van der Waals surface area contributed by atoms with Gasteiger partial charge in [-0.25, -0.2) is 9.78 Å². The molecule has 0 unspecified atom stereocenters. The zero-order valence-corrected chi connectivity index (χ0v) is 15.5. The first kappa shape index (κ1) is 17.8. The molecule has 2 fully saturated rings. The molecule has 2 saturated heterocycles. The van der Waals surface area contributed by atoms with Crippen LogP contribution < -0.4 is 5.32 Å². The van der Waals surface area contributed by atoms with Crippen molar-refractivity contribution < 1.29 is 14.3 Å². The van der Waals surface area contributed by atoms with Gasteiger partial charge in [-0.1, -0.05) is 12.1 Å². The first-order chi connectivity index (χ1) is 13.1. The summed E-state index contributed by atoms with van der Waals surface area (Å²) < 4.78 is 5.03. The van der Waals surface area contributed by atoms with Gasteiger partial charge >= 0.3 is 6.03 Å². The van der Waals surface area contributed by atoms with Crippen molar-refractivity contribution in [1.82, 2.24) is 25.1 Å². The number of carbonyl (C=O) groups excluding carboxylic acids is 2. The fourth-order valence-electron chi connectivity index (χ4n) is 3.73. The highest BCUT2D eigenvalue weighted by Gasteiger charge is 2.35. The Hall–Kier alpha value is -2.61. The normalized spacial score (nSPS) is 20.3. The van der Waals surface area contributed by atoms with Crippen LogP contribution in [0.2, 0.25) is 0 Å². The lowest BCUT2D eigenvalue weighted by molar-refractivity contribution is -0.128. The Kier molecular flexibility index (Phi) is 4.98. The van der Waals surface area contributed by atoms with Crippen molar-refractivity contribution in [3.05, 3.63) is 30.1 Å². The van der Waals surface area contributed by atoms with Gasteiger partial charge in [-0.15, -0.1) is 0 Å². The van der Waals surface area contributed by atoms with Crippen molar-refractivity contribution in [2.45, 2.75) is 12.3 Å². The number of imidazole rings is 1. The summed E-state index contributed by atoms with van der Waals surface area (Å²) in [4.78, 5) is 35.8. The Labute approximate surface area is 157 Å². The standard InChI is InChI=1S/C19H25N5O3/c1-27-7-6-23-10-13(8-17(23)25)9-20-19(26)24-11-14(12-24)18-21-15-4-2-3-5-16(15)22-18/h2-5,13-14H,6-12H2,1H3,(H,20,26)(H,21,22)/t13-/m1/s1. The minimum atomic E-state index is -0.0647. The number of carbonyl (C=O) groups is 2. The molecule has 0 bridgehead atoms. The van der Waals surface area contributed by atoms with E-state index in [4.69, 9.17) is 4.74 Å². The number of aromatic amines is 1. The molecule has 0 radical (unpaired) electrons. The molecule has 3 heterocycles. The van der Waals surface area contributed by atoms with E-state index in [2.05, 4.69) is 15.3 Å². The molecule has 8 heteroatoms. The van der Waals surface area contributed by atoms with Crippen molar-refractivity contribution in [3.63, 3.8) is 0 Å². The second-order valence-corrected chi connectivity index (χ2v) is 7.33. The van der Waals surface area contributed by atoms with Gasteiger partial charge in [0.1, 0.15) is 5.82 Å². The highest BCUT2D eigenvalue weighted by Crippen LogP contribution is 2.26. The molecule has 144 valence electrons. The molecule has 0 saturated carbocycles. The first-order valence-electron chi connectivity index (χ1n) is 9.38. The third kappa shape index (κ3) is 3.75. The van der Waals surface area contributed by atoms with E-state index in [1.54, 1.807) is 12.0 Å². The van der Waals surface area contributed by atoms with Crippen molar-refractivity contribution >= 4 is 23.0 Å². The summed E-state index contributed by atoms with van der Waals surface area (Å²) in [5.74, 6) is 1.50. The molecule has 2 aromatic rings. The Balaban J connectivity index is 1.22. The van der Waals surface area contributed by atoms with E-state index in [1.165, 1.54) is 0 Å².